The fourth-order valence-electron chi connectivity index (χ4n) is 1.02. The number of hydrogen-bond acceptors (Lipinski definition) is 3. The zero-order valence-corrected chi connectivity index (χ0v) is 9.25. The van der Waals surface area contributed by atoms with E-state index in [4.69, 9.17) is 17.3 Å². The van der Waals surface area contributed by atoms with Crippen molar-refractivity contribution in [2.24, 2.45) is 5.73 Å². The first-order valence-electron chi connectivity index (χ1n) is 4.64. The van der Waals surface area contributed by atoms with Gasteiger partial charge in [0.15, 0.2) is 0 Å². The summed E-state index contributed by atoms with van der Waals surface area (Å²) in [4.78, 5) is 22.1. The van der Waals surface area contributed by atoms with E-state index in [0.29, 0.717) is 5.02 Å². The van der Waals surface area contributed by atoms with Gasteiger partial charge in [0.1, 0.15) is 0 Å². The van der Waals surface area contributed by atoms with Crippen molar-refractivity contribution in [2.75, 3.05) is 6.54 Å². The van der Waals surface area contributed by atoms with Gasteiger partial charge in [0, 0.05) is 5.02 Å². The van der Waals surface area contributed by atoms with Crippen LogP contribution in [-0.4, -0.2) is 18.4 Å². The molecule has 0 aliphatic rings. The zero-order valence-electron chi connectivity index (χ0n) is 8.50. The third-order valence-electron chi connectivity index (χ3n) is 1.80. The smallest absolute Gasteiger partial charge is 0.252 e. The summed E-state index contributed by atoms with van der Waals surface area (Å²) in [6, 6.07) is 6.88. The maximum Gasteiger partial charge on any atom is 0.252 e. The van der Waals surface area contributed by atoms with E-state index >= 15 is 0 Å². The van der Waals surface area contributed by atoms with Crippen LogP contribution in [0.1, 0.15) is 5.56 Å². The zero-order chi connectivity index (χ0) is 12.0. The van der Waals surface area contributed by atoms with Crippen molar-refractivity contribution in [3.63, 3.8) is 0 Å². The van der Waals surface area contributed by atoms with E-state index in [1.54, 1.807) is 24.3 Å². The van der Waals surface area contributed by atoms with Gasteiger partial charge in [-0.15, -0.1) is 0 Å². The number of benzene rings is 1. The molecule has 1 aromatic rings. The molecule has 0 aliphatic carbocycles. The Kier molecular flexibility index (Phi) is 4.75. The molecule has 6 heteroatoms. The van der Waals surface area contributed by atoms with Gasteiger partial charge in [-0.2, -0.15) is 0 Å². The van der Waals surface area contributed by atoms with Crippen LogP contribution in [0.4, 0.5) is 0 Å². The highest BCUT2D eigenvalue weighted by atomic mass is 35.5. The molecule has 0 unspecified atom stereocenters. The lowest BCUT2D eigenvalue weighted by Gasteiger charge is -2.05. The van der Waals surface area contributed by atoms with E-state index in [9.17, 15) is 9.59 Å². The maximum atomic E-state index is 11.3. The SMILES string of the molecule is NCC(=O)NNC(=O)Cc1ccc(Cl)cc1. The first-order valence-corrected chi connectivity index (χ1v) is 5.02. The average molecular weight is 242 g/mol. The number of amides is 2. The molecular weight excluding hydrogens is 230 g/mol. The van der Waals surface area contributed by atoms with Crippen LogP contribution in [0.2, 0.25) is 5.02 Å². The Morgan fingerprint density at radius 2 is 1.69 bits per heavy atom. The molecule has 0 aromatic heterocycles. The van der Waals surface area contributed by atoms with Crippen LogP contribution in [0.5, 0.6) is 0 Å². The quantitative estimate of drug-likeness (QED) is 0.651. The second kappa shape index (κ2) is 6.09. The Morgan fingerprint density at radius 1 is 1.12 bits per heavy atom. The molecule has 0 bridgehead atoms. The van der Waals surface area contributed by atoms with Gasteiger partial charge in [-0.1, -0.05) is 23.7 Å². The molecule has 0 aliphatic heterocycles. The Hall–Kier alpha value is -1.59. The topological polar surface area (TPSA) is 84.2 Å². The van der Waals surface area contributed by atoms with Gasteiger partial charge < -0.3 is 5.73 Å². The maximum absolute atomic E-state index is 11.3. The Morgan fingerprint density at radius 3 is 2.25 bits per heavy atom. The number of hydrogen-bond donors (Lipinski definition) is 3. The summed E-state index contributed by atoms with van der Waals surface area (Å²) in [6.45, 7) is -0.165. The van der Waals surface area contributed by atoms with Crippen LogP contribution in [0.3, 0.4) is 0 Å². The molecule has 1 rings (SSSR count). The van der Waals surface area contributed by atoms with E-state index in [-0.39, 0.29) is 18.9 Å². The van der Waals surface area contributed by atoms with Gasteiger partial charge >= 0.3 is 0 Å². The standard InChI is InChI=1S/C10H12ClN3O2/c11-8-3-1-7(2-4-8)5-9(15)13-14-10(16)6-12/h1-4H,5-6,12H2,(H,13,15)(H,14,16). The molecular formula is C10H12ClN3O2. The van der Waals surface area contributed by atoms with Crippen molar-refractivity contribution >= 4 is 23.4 Å². The predicted molar refractivity (Wildman–Crippen MR) is 60.5 cm³/mol. The number of carbonyl (C=O) groups is 2. The van der Waals surface area contributed by atoms with Crippen molar-refractivity contribution < 1.29 is 9.59 Å². The third kappa shape index (κ3) is 4.29. The number of rotatable bonds is 3. The lowest BCUT2D eigenvalue weighted by Crippen LogP contribution is -2.45. The average Bonchev–Trinajstić information content (AvgIpc) is 2.29. The molecule has 2 amide bonds. The van der Waals surface area contributed by atoms with Gasteiger partial charge in [-0.3, -0.25) is 20.4 Å². The lowest BCUT2D eigenvalue weighted by molar-refractivity contribution is -0.127. The fraction of sp³-hybridized carbons (Fsp3) is 0.200. The molecule has 0 spiro atoms. The van der Waals surface area contributed by atoms with Crippen molar-refractivity contribution in [1.29, 1.82) is 0 Å². The minimum atomic E-state index is -0.440. The minimum absolute atomic E-state index is 0.165. The van der Waals surface area contributed by atoms with Gasteiger partial charge in [0.25, 0.3) is 5.91 Å². The number of nitrogens with one attached hydrogen (secondary N) is 2. The second-order valence-electron chi connectivity index (χ2n) is 3.10. The van der Waals surface area contributed by atoms with Gasteiger partial charge in [0.2, 0.25) is 5.91 Å². The van der Waals surface area contributed by atoms with E-state index in [0.717, 1.165) is 5.56 Å². The van der Waals surface area contributed by atoms with Crippen molar-refractivity contribution in [3.05, 3.63) is 34.9 Å². The minimum Gasteiger partial charge on any atom is -0.322 e. The second-order valence-corrected chi connectivity index (χ2v) is 3.54. The third-order valence-corrected chi connectivity index (χ3v) is 2.06. The van der Waals surface area contributed by atoms with E-state index in [2.05, 4.69) is 10.9 Å². The van der Waals surface area contributed by atoms with Crippen LogP contribution in [0.25, 0.3) is 0 Å². The first-order chi connectivity index (χ1) is 7.61. The molecule has 5 nitrogen and oxygen atoms in total. The van der Waals surface area contributed by atoms with Crippen LogP contribution in [0, 0.1) is 0 Å². The molecule has 0 atom stereocenters. The summed E-state index contributed by atoms with van der Waals surface area (Å²) in [6.07, 6.45) is 0.169. The predicted octanol–water partition coefficient (Wildman–Crippen LogP) is -0.0114. The van der Waals surface area contributed by atoms with Gasteiger partial charge in [-0.05, 0) is 17.7 Å². The van der Waals surface area contributed by atoms with Crippen molar-refractivity contribution in [2.45, 2.75) is 6.42 Å². The van der Waals surface area contributed by atoms with E-state index < -0.39 is 5.91 Å². The number of hydrazine groups is 1. The summed E-state index contributed by atoms with van der Waals surface area (Å²) in [7, 11) is 0. The van der Waals surface area contributed by atoms with Gasteiger partial charge in [0.05, 0.1) is 13.0 Å². The Bertz CT molecular complexity index is 378. The van der Waals surface area contributed by atoms with Crippen LogP contribution in [0.15, 0.2) is 24.3 Å². The van der Waals surface area contributed by atoms with Crippen molar-refractivity contribution in [1.82, 2.24) is 10.9 Å². The summed E-state index contributed by atoms with van der Waals surface area (Å²) >= 11 is 5.70. The van der Waals surface area contributed by atoms with Gasteiger partial charge in [-0.25, -0.2) is 0 Å². The largest absolute Gasteiger partial charge is 0.322 e. The molecule has 86 valence electrons. The normalized spacial score (nSPS) is 9.62. The van der Waals surface area contributed by atoms with E-state index in [1.165, 1.54) is 0 Å². The highest BCUT2D eigenvalue weighted by Crippen LogP contribution is 2.09. The molecule has 0 saturated carbocycles. The van der Waals surface area contributed by atoms with Crippen LogP contribution >= 0.6 is 11.6 Å². The molecule has 0 heterocycles. The molecule has 1 aromatic carbocycles. The highest BCUT2D eigenvalue weighted by molar-refractivity contribution is 6.30. The molecule has 0 fully saturated rings. The van der Waals surface area contributed by atoms with Crippen LogP contribution < -0.4 is 16.6 Å². The number of halogens is 1. The number of nitrogens with two attached hydrogens (primary N) is 1. The molecule has 4 N–H and O–H groups in total. The summed E-state index contributed by atoms with van der Waals surface area (Å²) in [5, 5.41) is 0.612. The molecule has 16 heavy (non-hydrogen) atoms. The van der Waals surface area contributed by atoms with Crippen LogP contribution in [-0.2, 0) is 16.0 Å². The lowest BCUT2D eigenvalue weighted by atomic mass is 10.1. The summed E-state index contributed by atoms with van der Waals surface area (Å²) < 4.78 is 0. The summed E-state index contributed by atoms with van der Waals surface area (Å²) in [5.74, 6) is -0.756. The first kappa shape index (κ1) is 12.5. The Labute approximate surface area is 97.9 Å². The fourth-order valence-corrected chi connectivity index (χ4v) is 1.15. The van der Waals surface area contributed by atoms with E-state index in [1.807, 2.05) is 0 Å². The highest BCUT2D eigenvalue weighted by Gasteiger charge is 2.04. The monoisotopic (exact) mass is 241 g/mol. The molecule has 0 radical (unpaired) electrons. The Balaban J connectivity index is 2.40. The molecule has 0 saturated heterocycles. The summed E-state index contributed by atoms with van der Waals surface area (Å²) in [5.41, 5.74) is 10.3. The van der Waals surface area contributed by atoms with Crippen molar-refractivity contribution in [3.8, 4) is 0 Å². The number of carbonyl (C=O) groups excluding carboxylic acids is 2.